The van der Waals surface area contributed by atoms with Crippen LogP contribution in [-0.2, 0) is 30.7 Å². The number of methoxy groups -OCH3 is 1. The third-order valence-electron chi connectivity index (χ3n) is 6.72. The second-order valence-corrected chi connectivity index (χ2v) is 8.99. The van der Waals surface area contributed by atoms with Gasteiger partial charge in [-0.3, -0.25) is 14.6 Å². The molecule has 36 heavy (non-hydrogen) atoms. The van der Waals surface area contributed by atoms with Crippen LogP contribution in [0.2, 0.25) is 0 Å². The van der Waals surface area contributed by atoms with E-state index in [4.69, 9.17) is 4.74 Å². The maximum absolute atomic E-state index is 13.8. The molecule has 5 rings (SSSR count). The summed E-state index contributed by atoms with van der Waals surface area (Å²) in [5.41, 5.74) is 5.28. The number of ether oxygens (including phenoxy) is 1. The molecule has 0 N–H and O–H groups in total. The van der Waals surface area contributed by atoms with Crippen LogP contribution in [0, 0.1) is 0 Å². The highest BCUT2D eigenvalue weighted by molar-refractivity contribution is 5.77. The van der Waals surface area contributed by atoms with E-state index < -0.39 is 0 Å². The quantitative estimate of drug-likeness (QED) is 0.392. The molecule has 182 valence electrons. The van der Waals surface area contributed by atoms with E-state index in [0.29, 0.717) is 50.2 Å². The number of rotatable bonds is 7. The Morgan fingerprint density at radius 3 is 2.53 bits per heavy atom. The fourth-order valence-electron chi connectivity index (χ4n) is 4.86. The van der Waals surface area contributed by atoms with Crippen LogP contribution in [0.1, 0.15) is 28.9 Å². The lowest BCUT2D eigenvalue weighted by Gasteiger charge is -2.31. The van der Waals surface area contributed by atoms with Gasteiger partial charge in [-0.2, -0.15) is 0 Å². The van der Waals surface area contributed by atoms with Crippen molar-refractivity contribution in [2.45, 2.75) is 32.4 Å². The van der Waals surface area contributed by atoms with Gasteiger partial charge >= 0.3 is 0 Å². The molecular formula is C30H29N3O3. The number of para-hydroxylation sites is 1. The zero-order valence-corrected chi connectivity index (χ0v) is 20.4. The van der Waals surface area contributed by atoms with Gasteiger partial charge in [0.2, 0.25) is 5.91 Å². The Balaban J connectivity index is 1.50. The van der Waals surface area contributed by atoms with Crippen molar-refractivity contribution in [1.29, 1.82) is 0 Å². The number of aromatic nitrogens is 2. The summed E-state index contributed by atoms with van der Waals surface area (Å²) in [6.45, 7) is 1.56. The van der Waals surface area contributed by atoms with Gasteiger partial charge in [0.25, 0.3) is 5.56 Å². The molecule has 3 heterocycles. The van der Waals surface area contributed by atoms with E-state index in [1.807, 2.05) is 88.3 Å². The van der Waals surface area contributed by atoms with Crippen molar-refractivity contribution in [3.8, 4) is 16.9 Å². The number of hydrogen-bond donors (Lipinski definition) is 0. The highest BCUT2D eigenvalue weighted by atomic mass is 16.5. The number of nitrogens with zero attached hydrogens (tertiary/aromatic N) is 3. The fraction of sp³-hybridized carbons (Fsp3) is 0.233. The minimum atomic E-state index is -0.0444. The Morgan fingerprint density at radius 1 is 0.972 bits per heavy atom. The highest BCUT2D eigenvalue weighted by Crippen LogP contribution is 2.30. The van der Waals surface area contributed by atoms with E-state index in [2.05, 4.69) is 4.98 Å². The fourth-order valence-corrected chi connectivity index (χ4v) is 4.86. The Kier molecular flexibility index (Phi) is 6.94. The summed E-state index contributed by atoms with van der Waals surface area (Å²) >= 11 is 0. The molecule has 1 aliphatic heterocycles. The summed E-state index contributed by atoms with van der Waals surface area (Å²) in [6.07, 6.45) is 3.42. The summed E-state index contributed by atoms with van der Waals surface area (Å²) in [7, 11) is 1.61. The van der Waals surface area contributed by atoms with E-state index in [9.17, 15) is 9.59 Å². The van der Waals surface area contributed by atoms with Crippen molar-refractivity contribution in [2.24, 2.45) is 0 Å². The van der Waals surface area contributed by atoms with Gasteiger partial charge in [0, 0.05) is 49.1 Å². The van der Waals surface area contributed by atoms with Crippen LogP contribution >= 0.6 is 0 Å². The first kappa shape index (κ1) is 23.5. The minimum Gasteiger partial charge on any atom is -0.496 e. The normalized spacial score (nSPS) is 12.8. The summed E-state index contributed by atoms with van der Waals surface area (Å²) in [5.74, 6) is 0.755. The van der Waals surface area contributed by atoms with Crippen LogP contribution in [-0.4, -0.2) is 34.0 Å². The van der Waals surface area contributed by atoms with Gasteiger partial charge in [0.15, 0.2) is 0 Å². The van der Waals surface area contributed by atoms with Crippen molar-refractivity contribution in [3.63, 3.8) is 0 Å². The molecule has 0 saturated heterocycles. The lowest BCUT2D eigenvalue weighted by molar-refractivity contribution is -0.132. The van der Waals surface area contributed by atoms with Gasteiger partial charge < -0.3 is 14.2 Å². The minimum absolute atomic E-state index is 0.0444. The molecule has 2 aromatic carbocycles. The van der Waals surface area contributed by atoms with Crippen LogP contribution in [0.5, 0.6) is 5.75 Å². The standard InChI is InChI=1S/C30H29N3O3/c1-36-28-13-6-5-12-25(28)26-19-23-21-32(29(34)15-14-24-11-7-8-17-31-24)18-16-27(23)33(30(26)35)20-22-9-3-2-4-10-22/h2-13,17,19H,14-16,18,20-21H2,1H3. The molecular weight excluding hydrogens is 450 g/mol. The summed E-state index contributed by atoms with van der Waals surface area (Å²) in [4.78, 5) is 33.1. The van der Waals surface area contributed by atoms with Gasteiger partial charge in [0.05, 0.1) is 19.2 Å². The van der Waals surface area contributed by atoms with E-state index in [1.54, 1.807) is 13.3 Å². The van der Waals surface area contributed by atoms with Crippen molar-refractivity contribution in [1.82, 2.24) is 14.5 Å². The van der Waals surface area contributed by atoms with E-state index in [-0.39, 0.29) is 11.5 Å². The topological polar surface area (TPSA) is 64.4 Å². The smallest absolute Gasteiger partial charge is 0.259 e. The first-order chi connectivity index (χ1) is 17.6. The molecule has 0 unspecified atom stereocenters. The Labute approximate surface area is 210 Å². The number of pyridine rings is 2. The van der Waals surface area contributed by atoms with Gasteiger partial charge in [-0.15, -0.1) is 0 Å². The molecule has 1 amide bonds. The second-order valence-electron chi connectivity index (χ2n) is 8.99. The van der Waals surface area contributed by atoms with Crippen LogP contribution in [0.3, 0.4) is 0 Å². The van der Waals surface area contributed by atoms with Gasteiger partial charge in [-0.25, -0.2) is 0 Å². The first-order valence-corrected chi connectivity index (χ1v) is 12.2. The molecule has 0 bridgehead atoms. The van der Waals surface area contributed by atoms with Crippen molar-refractivity contribution in [2.75, 3.05) is 13.7 Å². The molecule has 0 radical (unpaired) electrons. The Hall–Kier alpha value is -4.19. The van der Waals surface area contributed by atoms with Gasteiger partial charge in [0.1, 0.15) is 5.75 Å². The van der Waals surface area contributed by atoms with Gasteiger partial charge in [-0.1, -0.05) is 54.6 Å². The predicted molar refractivity (Wildman–Crippen MR) is 140 cm³/mol. The highest BCUT2D eigenvalue weighted by Gasteiger charge is 2.26. The van der Waals surface area contributed by atoms with Gasteiger partial charge in [-0.05, 0) is 41.8 Å². The third kappa shape index (κ3) is 4.93. The number of carbonyl (C=O) groups is 1. The number of carbonyl (C=O) groups excluding carboxylic acids is 1. The van der Waals surface area contributed by atoms with E-state index >= 15 is 0 Å². The first-order valence-electron chi connectivity index (χ1n) is 12.2. The zero-order valence-electron chi connectivity index (χ0n) is 20.4. The van der Waals surface area contributed by atoms with Crippen LogP contribution in [0.15, 0.2) is 89.9 Å². The zero-order chi connectivity index (χ0) is 24.9. The number of fused-ring (bicyclic) bond motifs is 1. The summed E-state index contributed by atoms with van der Waals surface area (Å²) in [6, 6.07) is 25.3. The summed E-state index contributed by atoms with van der Waals surface area (Å²) in [5, 5.41) is 0. The van der Waals surface area contributed by atoms with E-state index in [0.717, 1.165) is 28.1 Å². The van der Waals surface area contributed by atoms with Crippen LogP contribution in [0.25, 0.3) is 11.1 Å². The maximum atomic E-state index is 13.8. The molecule has 0 saturated carbocycles. The molecule has 0 spiro atoms. The molecule has 6 heteroatoms. The molecule has 1 aliphatic rings. The average Bonchev–Trinajstić information content (AvgIpc) is 2.94. The number of benzene rings is 2. The lowest BCUT2D eigenvalue weighted by atomic mass is 9.97. The number of hydrogen-bond acceptors (Lipinski definition) is 4. The molecule has 6 nitrogen and oxygen atoms in total. The molecule has 4 aromatic rings. The number of amides is 1. The lowest BCUT2D eigenvalue weighted by Crippen LogP contribution is -2.39. The van der Waals surface area contributed by atoms with Crippen LogP contribution < -0.4 is 10.3 Å². The monoisotopic (exact) mass is 479 g/mol. The van der Waals surface area contributed by atoms with E-state index in [1.165, 1.54) is 0 Å². The van der Waals surface area contributed by atoms with Crippen molar-refractivity contribution in [3.05, 3.63) is 118 Å². The SMILES string of the molecule is COc1ccccc1-c1cc2c(n(Cc3ccccc3)c1=O)CCN(C(=O)CCc1ccccn1)C2. The summed E-state index contributed by atoms with van der Waals surface area (Å²) < 4.78 is 7.45. The average molecular weight is 480 g/mol. The largest absolute Gasteiger partial charge is 0.496 e. The Bertz CT molecular complexity index is 1410. The third-order valence-corrected chi connectivity index (χ3v) is 6.72. The molecule has 0 fully saturated rings. The molecule has 0 atom stereocenters. The van der Waals surface area contributed by atoms with Crippen molar-refractivity contribution >= 4 is 5.91 Å². The molecule has 2 aromatic heterocycles. The maximum Gasteiger partial charge on any atom is 0.259 e. The molecule has 0 aliphatic carbocycles. The van der Waals surface area contributed by atoms with Crippen LogP contribution in [0.4, 0.5) is 0 Å². The number of aryl methyl sites for hydroxylation is 1. The Morgan fingerprint density at radius 2 is 1.75 bits per heavy atom. The van der Waals surface area contributed by atoms with Crippen molar-refractivity contribution < 1.29 is 9.53 Å². The predicted octanol–water partition coefficient (Wildman–Crippen LogP) is 4.48. The second kappa shape index (κ2) is 10.6.